The monoisotopic (exact) mass is 354 g/mol. The van der Waals surface area contributed by atoms with Gasteiger partial charge in [0.15, 0.2) is 0 Å². The fourth-order valence-corrected chi connectivity index (χ4v) is 0.0745. The molecular formula is C5H7NWY. The predicted molar refractivity (Wildman–Crippen MR) is 27.6 cm³/mol. The first-order valence-corrected chi connectivity index (χ1v) is 1.70. The molecule has 0 saturated carbocycles. The van der Waals surface area contributed by atoms with Crippen molar-refractivity contribution in [1.82, 2.24) is 0 Å². The number of nitrogens with zero attached hydrogens (tertiary/aromatic N) is 1. The Bertz CT molecular complexity index is 72.8. The van der Waals surface area contributed by atoms with Gasteiger partial charge in [0.1, 0.15) is 0 Å². The van der Waals surface area contributed by atoms with Crippen LogP contribution in [0.3, 0.4) is 0 Å². The van der Waals surface area contributed by atoms with Crippen molar-refractivity contribution in [2.45, 2.75) is 6.92 Å². The summed E-state index contributed by atoms with van der Waals surface area (Å²) in [6, 6.07) is 0. The molecule has 0 unspecified atom stereocenters. The van der Waals surface area contributed by atoms with Gasteiger partial charge < -0.3 is 11.6 Å². The van der Waals surface area contributed by atoms with Gasteiger partial charge in [-0.1, -0.05) is 0 Å². The van der Waals surface area contributed by atoms with E-state index in [1.807, 2.05) is 6.92 Å². The van der Waals surface area contributed by atoms with Crippen LogP contribution in [-0.4, -0.2) is 6.72 Å². The van der Waals surface area contributed by atoms with E-state index in [9.17, 15) is 0 Å². The second kappa shape index (κ2) is 10.9. The third-order valence-corrected chi connectivity index (χ3v) is 0.499. The zero-order valence-corrected chi connectivity index (χ0v) is 10.6. The summed E-state index contributed by atoms with van der Waals surface area (Å²) >= 11 is 0. The van der Waals surface area contributed by atoms with Crippen molar-refractivity contribution in [3.8, 4) is 0 Å². The van der Waals surface area contributed by atoms with Crippen LogP contribution in [0.25, 0.3) is 0 Å². The van der Waals surface area contributed by atoms with E-state index in [4.69, 9.17) is 6.72 Å². The SMILES string of the molecule is [CH-]=NC(=C)[CH-]C.[W+2].[Y]. The number of hydrogen-bond donors (Lipinski definition) is 0. The standard InChI is InChI=1S/C5H7N.W.Y/c1-4-5(2)6-3;;/h3-4H,2H2,1H3;;/q-2;+2;. The number of allylic oxidation sites excluding steroid dienone is 1. The summed E-state index contributed by atoms with van der Waals surface area (Å²) in [7, 11) is 0. The molecule has 0 aliphatic rings. The molecule has 0 amide bonds. The second-order valence-electron chi connectivity index (χ2n) is 0.909. The average Bonchev–Trinajstić information content (AvgIpc) is 1.65. The van der Waals surface area contributed by atoms with E-state index >= 15 is 0 Å². The smallest absolute Gasteiger partial charge is 0.497 e. The minimum absolute atomic E-state index is 0. The fraction of sp³-hybridized carbons (Fsp3) is 0.200. The Hall–Kier alpha value is 1.07. The molecule has 1 nitrogen and oxygen atoms in total. The summed E-state index contributed by atoms with van der Waals surface area (Å²) in [5.41, 5.74) is 0.620. The van der Waals surface area contributed by atoms with Gasteiger partial charge in [0.25, 0.3) is 0 Å². The molecule has 0 heterocycles. The Morgan fingerprint density at radius 2 is 2.12 bits per heavy atom. The van der Waals surface area contributed by atoms with Crippen LogP contribution in [0.5, 0.6) is 0 Å². The van der Waals surface area contributed by atoms with Crippen LogP contribution in [-0.2, 0) is 53.8 Å². The summed E-state index contributed by atoms with van der Waals surface area (Å²) in [6.45, 7) is 10.1. The van der Waals surface area contributed by atoms with Crippen molar-refractivity contribution in [2.24, 2.45) is 4.99 Å². The minimum Gasteiger partial charge on any atom is -0.497 e. The van der Waals surface area contributed by atoms with Gasteiger partial charge in [-0.2, -0.15) is 6.72 Å². The van der Waals surface area contributed by atoms with Gasteiger partial charge in [0.05, 0.1) is 0 Å². The molecule has 0 aromatic rings. The average molecular weight is 354 g/mol. The van der Waals surface area contributed by atoms with Crippen molar-refractivity contribution < 1.29 is 53.8 Å². The predicted octanol–water partition coefficient (Wildman–Crippen LogP) is 1.30. The van der Waals surface area contributed by atoms with Gasteiger partial charge in [-0.05, 0) is 0 Å². The minimum atomic E-state index is 0. The zero-order chi connectivity index (χ0) is 4.99. The molecule has 0 bridgehead atoms. The van der Waals surface area contributed by atoms with E-state index in [1.54, 1.807) is 6.42 Å². The Morgan fingerprint density at radius 1 is 1.75 bits per heavy atom. The molecule has 0 aliphatic carbocycles. The summed E-state index contributed by atoms with van der Waals surface area (Å²) in [5, 5.41) is 0. The molecule has 0 aliphatic heterocycles. The Morgan fingerprint density at radius 3 is 2.12 bits per heavy atom. The van der Waals surface area contributed by atoms with Crippen LogP contribution in [0, 0.1) is 6.42 Å². The van der Waals surface area contributed by atoms with E-state index in [1.165, 1.54) is 0 Å². The number of aliphatic imine (C=N–C) groups is 1. The zero-order valence-electron chi connectivity index (χ0n) is 4.79. The van der Waals surface area contributed by atoms with Gasteiger partial charge in [0.2, 0.25) is 0 Å². The maximum atomic E-state index is 4.78. The molecule has 0 atom stereocenters. The summed E-state index contributed by atoms with van der Waals surface area (Å²) < 4.78 is 0. The first kappa shape index (κ1) is 16.0. The maximum absolute atomic E-state index is 4.78. The van der Waals surface area contributed by atoms with Crippen molar-refractivity contribution in [1.29, 1.82) is 0 Å². The second-order valence-corrected chi connectivity index (χ2v) is 0.909. The molecule has 0 N–H and O–H groups in total. The summed E-state index contributed by atoms with van der Waals surface area (Å²) in [4.78, 5) is 3.26. The van der Waals surface area contributed by atoms with Crippen molar-refractivity contribution in [3.05, 3.63) is 18.7 Å². The molecule has 41 valence electrons. The van der Waals surface area contributed by atoms with Gasteiger partial charge in [0, 0.05) is 32.7 Å². The molecule has 1 radical (unpaired) electrons. The van der Waals surface area contributed by atoms with Gasteiger partial charge in [-0.15, -0.1) is 6.92 Å². The Labute approximate surface area is 90.2 Å². The summed E-state index contributed by atoms with van der Waals surface area (Å²) in [5.74, 6) is 0. The third kappa shape index (κ3) is 10.1. The number of hydrogen-bond acceptors (Lipinski definition) is 1. The van der Waals surface area contributed by atoms with Crippen LogP contribution in [0.15, 0.2) is 17.3 Å². The van der Waals surface area contributed by atoms with Crippen molar-refractivity contribution in [3.63, 3.8) is 0 Å². The summed E-state index contributed by atoms with van der Waals surface area (Å²) in [6.07, 6.45) is 1.74. The maximum Gasteiger partial charge on any atom is 2.00 e. The molecular weight excluding hydrogens is 347 g/mol. The topological polar surface area (TPSA) is 12.4 Å². The molecule has 0 rings (SSSR count). The van der Waals surface area contributed by atoms with Gasteiger partial charge >= 0.3 is 21.1 Å². The van der Waals surface area contributed by atoms with Crippen LogP contribution in [0.4, 0.5) is 0 Å². The normalized spacial score (nSPS) is 5.12. The van der Waals surface area contributed by atoms with E-state index in [0.29, 0.717) is 5.70 Å². The van der Waals surface area contributed by atoms with Crippen LogP contribution in [0.2, 0.25) is 0 Å². The third-order valence-electron chi connectivity index (χ3n) is 0.499. The first-order chi connectivity index (χ1) is 2.81. The van der Waals surface area contributed by atoms with E-state index < -0.39 is 0 Å². The van der Waals surface area contributed by atoms with E-state index in [2.05, 4.69) is 11.6 Å². The Kier molecular flexibility index (Phi) is 21.9. The first-order valence-electron chi connectivity index (χ1n) is 1.70. The quantitative estimate of drug-likeness (QED) is 0.524. The van der Waals surface area contributed by atoms with E-state index in [-0.39, 0.29) is 53.8 Å². The molecule has 0 aromatic carbocycles. The molecule has 8 heavy (non-hydrogen) atoms. The largest absolute Gasteiger partial charge is 2.00 e. The van der Waals surface area contributed by atoms with Gasteiger partial charge in [-0.25, -0.2) is 0 Å². The molecule has 0 spiro atoms. The molecule has 3 heteroatoms. The molecule has 0 aromatic heterocycles. The van der Waals surface area contributed by atoms with Gasteiger partial charge in [-0.3, -0.25) is 12.1 Å². The molecule has 0 fully saturated rings. The van der Waals surface area contributed by atoms with Crippen LogP contribution >= 0.6 is 0 Å². The van der Waals surface area contributed by atoms with Crippen molar-refractivity contribution in [2.75, 3.05) is 0 Å². The van der Waals surface area contributed by atoms with Crippen LogP contribution < -0.4 is 0 Å². The van der Waals surface area contributed by atoms with Crippen LogP contribution in [0.1, 0.15) is 6.92 Å². The van der Waals surface area contributed by atoms with E-state index in [0.717, 1.165) is 0 Å². The van der Waals surface area contributed by atoms with Crippen molar-refractivity contribution >= 4 is 6.72 Å². The number of rotatable bonds is 2. The fourth-order valence-electron chi connectivity index (χ4n) is 0.0745. The molecule has 0 saturated heterocycles. The Balaban J connectivity index is -0.000000125.